The van der Waals surface area contributed by atoms with Gasteiger partial charge in [0.2, 0.25) is 0 Å². The highest BCUT2D eigenvalue weighted by Crippen LogP contribution is 2.21. The molecule has 1 heterocycles. The van der Waals surface area contributed by atoms with Crippen molar-refractivity contribution in [3.63, 3.8) is 0 Å². The molecular weight excluding hydrogens is 230 g/mol. The molecule has 4 heteroatoms. The molecule has 94 valence electrons. The molecule has 0 aliphatic rings. The molecule has 2 aromatic rings. The summed E-state index contributed by atoms with van der Waals surface area (Å²) in [6.07, 6.45) is 3.33. The zero-order valence-corrected chi connectivity index (χ0v) is 10.4. The Kier molecular flexibility index (Phi) is 3.67. The molecule has 0 N–H and O–H groups in total. The van der Waals surface area contributed by atoms with E-state index in [-0.39, 0.29) is 5.97 Å². The first-order chi connectivity index (χ1) is 8.72. The summed E-state index contributed by atoms with van der Waals surface area (Å²) in [6.45, 7) is 0.671. The van der Waals surface area contributed by atoms with Gasteiger partial charge in [0.05, 0.1) is 30.9 Å². The first-order valence-electron chi connectivity index (χ1n) is 5.62. The van der Waals surface area contributed by atoms with Gasteiger partial charge in [0.15, 0.2) is 0 Å². The Morgan fingerprint density at radius 1 is 1.33 bits per heavy atom. The smallest absolute Gasteiger partial charge is 0.339 e. The van der Waals surface area contributed by atoms with Crippen molar-refractivity contribution >= 4 is 11.7 Å². The third-order valence-corrected chi connectivity index (χ3v) is 2.72. The fourth-order valence-corrected chi connectivity index (χ4v) is 1.83. The minimum Gasteiger partial charge on any atom is -0.472 e. The predicted octanol–water partition coefficient (Wildman–Crippen LogP) is 2.70. The molecule has 18 heavy (non-hydrogen) atoms. The fraction of sp³-hybridized carbons (Fsp3) is 0.214. The van der Waals surface area contributed by atoms with Gasteiger partial charge in [-0.2, -0.15) is 0 Å². The molecular formula is C14H15NO3. The van der Waals surface area contributed by atoms with E-state index in [0.717, 1.165) is 11.3 Å². The number of nitrogens with zero attached hydrogens (tertiary/aromatic N) is 1. The third kappa shape index (κ3) is 2.53. The summed E-state index contributed by atoms with van der Waals surface area (Å²) in [5, 5.41) is 0. The molecule has 0 saturated carbocycles. The van der Waals surface area contributed by atoms with Crippen LogP contribution in [-0.4, -0.2) is 20.1 Å². The van der Waals surface area contributed by atoms with Crippen LogP contribution in [0.15, 0.2) is 47.3 Å². The van der Waals surface area contributed by atoms with E-state index in [0.29, 0.717) is 12.1 Å². The van der Waals surface area contributed by atoms with Crippen molar-refractivity contribution in [1.82, 2.24) is 0 Å². The summed E-state index contributed by atoms with van der Waals surface area (Å²) in [4.78, 5) is 13.7. The molecule has 1 aromatic carbocycles. The maximum absolute atomic E-state index is 11.7. The highest BCUT2D eigenvalue weighted by atomic mass is 16.5. The van der Waals surface area contributed by atoms with Crippen LogP contribution in [0.4, 0.5) is 5.69 Å². The minimum absolute atomic E-state index is 0.329. The van der Waals surface area contributed by atoms with E-state index in [9.17, 15) is 4.79 Å². The quantitative estimate of drug-likeness (QED) is 0.777. The first-order valence-corrected chi connectivity index (χ1v) is 5.62. The number of carbonyl (C=O) groups excluding carboxylic acids is 1. The van der Waals surface area contributed by atoms with Crippen molar-refractivity contribution in [2.45, 2.75) is 6.54 Å². The fourth-order valence-electron chi connectivity index (χ4n) is 1.83. The average molecular weight is 245 g/mol. The number of esters is 1. The van der Waals surface area contributed by atoms with Crippen LogP contribution < -0.4 is 4.90 Å². The van der Waals surface area contributed by atoms with E-state index in [1.165, 1.54) is 7.11 Å². The Bertz CT molecular complexity index is 520. The van der Waals surface area contributed by atoms with E-state index in [1.807, 2.05) is 36.2 Å². The van der Waals surface area contributed by atoms with Crippen molar-refractivity contribution in [2.24, 2.45) is 0 Å². The molecule has 0 bridgehead atoms. The number of rotatable bonds is 4. The van der Waals surface area contributed by atoms with E-state index >= 15 is 0 Å². The minimum atomic E-state index is -0.329. The monoisotopic (exact) mass is 245 g/mol. The second-order valence-corrected chi connectivity index (χ2v) is 4.00. The lowest BCUT2D eigenvalue weighted by Crippen LogP contribution is -2.19. The molecule has 0 saturated heterocycles. The van der Waals surface area contributed by atoms with Crippen LogP contribution in [0.25, 0.3) is 0 Å². The summed E-state index contributed by atoms with van der Waals surface area (Å²) < 4.78 is 9.81. The summed E-state index contributed by atoms with van der Waals surface area (Å²) >= 11 is 0. The van der Waals surface area contributed by atoms with Gasteiger partial charge >= 0.3 is 5.97 Å². The summed E-state index contributed by atoms with van der Waals surface area (Å²) in [5.74, 6) is -0.329. The Balaban J connectivity index is 2.24. The normalized spacial score (nSPS) is 10.1. The van der Waals surface area contributed by atoms with Gasteiger partial charge < -0.3 is 14.1 Å². The highest BCUT2D eigenvalue weighted by molar-refractivity contribution is 5.95. The average Bonchev–Trinajstić information content (AvgIpc) is 2.90. The van der Waals surface area contributed by atoms with Gasteiger partial charge in [-0.15, -0.1) is 0 Å². The number of furan rings is 1. The van der Waals surface area contributed by atoms with Crippen molar-refractivity contribution in [1.29, 1.82) is 0 Å². The molecule has 0 radical (unpaired) electrons. The molecule has 0 atom stereocenters. The Morgan fingerprint density at radius 3 is 2.78 bits per heavy atom. The van der Waals surface area contributed by atoms with Crippen LogP contribution in [0.2, 0.25) is 0 Å². The van der Waals surface area contributed by atoms with Gasteiger partial charge in [-0.25, -0.2) is 4.79 Å². The molecule has 0 aliphatic heterocycles. The number of hydrogen-bond donors (Lipinski definition) is 0. The number of benzene rings is 1. The second-order valence-electron chi connectivity index (χ2n) is 4.00. The van der Waals surface area contributed by atoms with Crippen LogP contribution >= 0.6 is 0 Å². The summed E-state index contributed by atoms with van der Waals surface area (Å²) in [7, 11) is 3.31. The van der Waals surface area contributed by atoms with Crippen molar-refractivity contribution < 1.29 is 13.9 Å². The van der Waals surface area contributed by atoms with Crippen LogP contribution in [0.3, 0.4) is 0 Å². The molecule has 0 amide bonds. The molecule has 0 aliphatic carbocycles. The Labute approximate surface area is 106 Å². The number of para-hydroxylation sites is 1. The van der Waals surface area contributed by atoms with Crippen molar-refractivity contribution in [3.05, 3.63) is 54.0 Å². The van der Waals surface area contributed by atoms with E-state index in [4.69, 9.17) is 9.15 Å². The Hall–Kier alpha value is -2.23. The molecule has 0 fully saturated rings. The van der Waals surface area contributed by atoms with E-state index in [2.05, 4.69) is 0 Å². The molecule has 0 spiro atoms. The lowest BCUT2D eigenvalue weighted by Gasteiger charge is -2.20. The summed E-state index contributed by atoms with van der Waals surface area (Å²) in [6, 6.07) is 9.27. The van der Waals surface area contributed by atoms with Crippen molar-refractivity contribution in [3.8, 4) is 0 Å². The van der Waals surface area contributed by atoms with Gasteiger partial charge in [0.1, 0.15) is 0 Å². The Morgan fingerprint density at radius 2 is 2.11 bits per heavy atom. The largest absolute Gasteiger partial charge is 0.472 e. The predicted molar refractivity (Wildman–Crippen MR) is 68.6 cm³/mol. The first kappa shape index (κ1) is 12.2. The molecule has 4 nitrogen and oxygen atoms in total. The van der Waals surface area contributed by atoms with Crippen LogP contribution in [0, 0.1) is 0 Å². The van der Waals surface area contributed by atoms with E-state index in [1.54, 1.807) is 18.6 Å². The van der Waals surface area contributed by atoms with Gasteiger partial charge in [-0.1, -0.05) is 12.1 Å². The number of ether oxygens (including phenoxy) is 1. The third-order valence-electron chi connectivity index (χ3n) is 2.72. The molecule has 0 unspecified atom stereocenters. The van der Waals surface area contributed by atoms with Crippen LogP contribution in [0.5, 0.6) is 0 Å². The van der Waals surface area contributed by atoms with Gasteiger partial charge in [0.25, 0.3) is 0 Å². The zero-order chi connectivity index (χ0) is 13.0. The lowest BCUT2D eigenvalue weighted by molar-refractivity contribution is 0.0601. The number of methoxy groups -OCH3 is 1. The van der Waals surface area contributed by atoms with Crippen LogP contribution in [0.1, 0.15) is 15.9 Å². The highest BCUT2D eigenvalue weighted by Gasteiger charge is 2.14. The number of carbonyl (C=O) groups is 1. The number of anilines is 1. The van der Waals surface area contributed by atoms with Gasteiger partial charge in [-0.05, 0) is 18.2 Å². The molecule has 1 aromatic heterocycles. The second kappa shape index (κ2) is 5.40. The zero-order valence-electron chi connectivity index (χ0n) is 10.4. The standard InChI is InChI=1S/C14H15NO3/c1-15(9-11-7-8-18-10-11)13-6-4-3-5-12(13)14(16)17-2/h3-8,10H,9H2,1-2H3. The number of hydrogen-bond acceptors (Lipinski definition) is 4. The lowest BCUT2D eigenvalue weighted by atomic mass is 10.1. The van der Waals surface area contributed by atoms with Crippen molar-refractivity contribution in [2.75, 3.05) is 19.1 Å². The maximum atomic E-state index is 11.7. The van der Waals surface area contributed by atoms with E-state index < -0.39 is 0 Å². The SMILES string of the molecule is COC(=O)c1ccccc1N(C)Cc1ccoc1. The van der Waals surface area contributed by atoms with Crippen LogP contribution in [-0.2, 0) is 11.3 Å². The van der Waals surface area contributed by atoms with Gasteiger partial charge in [0, 0.05) is 19.2 Å². The maximum Gasteiger partial charge on any atom is 0.339 e. The van der Waals surface area contributed by atoms with Gasteiger partial charge in [-0.3, -0.25) is 0 Å². The molecule has 2 rings (SSSR count). The summed E-state index contributed by atoms with van der Waals surface area (Å²) in [5.41, 5.74) is 2.45. The topological polar surface area (TPSA) is 42.7 Å².